The molecule has 1 rings (SSSR count). The SMILES string of the molecule is CCCC[C@H](C)CCC(=O)Cc1ccc(CC)cc1. The average Bonchev–Trinajstić information content (AvgIpc) is 2.43. The molecule has 0 bridgehead atoms. The molecule has 0 aromatic heterocycles. The van der Waals surface area contributed by atoms with Crippen molar-refractivity contribution in [1.82, 2.24) is 0 Å². The minimum absolute atomic E-state index is 0.382. The van der Waals surface area contributed by atoms with Crippen molar-refractivity contribution < 1.29 is 4.79 Å². The predicted molar refractivity (Wildman–Crippen MR) is 82.5 cm³/mol. The second-order valence-electron chi connectivity index (χ2n) is 5.67. The van der Waals surface area contributed by atoms with E-state index >= 15 is 0 Å². The van der Waals surface area contributed by atoms with Crippen molar-refractivity contribution in [3.8, 4) is 0 Å². The molecule has 1 aromatic rings. The fraction of sp³-hybridized carbons (Fsp3) is 0.611. The Morgan fingerprint density at radius 1 is 1.05 bits per heavy atom. The van der Waals surface area contributed by atoms with Crippen LogP contribution in [0.4, 0.5) is 0 Å². The Kier molecular flexibility index (Phi) is 7.47. The Morgan fingerprint density at radius 2 is 1.68 bits per heavy atom. The summed E-state index contributed by atoms with van der Waals surface area (Å²) >= 11 is 0. The summed E-state index contributed by atoms with van der Waals surface area (Å²) < 4.78 is 0. The predicted octanol–water partition coefficient (Wildman–Crippen LogP) is 4.97. The third kappa shape index (κ3) is 6.56. The molecule has 0 aliphatic rings. The minimum Gasteiger partial charge on any atom is -0.299 e. The molecule has 1 heteroatoms. The lowest BCUT2D eigenvalue weighted by Crippen LogP contribution is -2.05. The molecule has 1 nitrogen and oxygen atoms in total. The lowest BCUT2D eigenvalue weighted by molar-refractivity contribution is -0.118. The molecule has 106 valence electrons. The molecule has 0 fully saturated rings. The first-order valence-electron chi connectivity index (χ1n) is 7.75. The van der Waals surface area contributed by atoms with Gasteiger partial charge >= 0.3 is 0 Å². The second-order valence-corrected chi connectivity index (χ2v) is 5.67. The fourth-order valence-corrected chi connectivity index (χ4v) is 2.31. The lowest BCUT2D eigenvalue weighted by atomic mass is 9.96. The highest BCUT2D eigenvalue weighted by atomic mass is 16.1. The lowest BCUT2D eigenvalue weighted by Gasteiger charge is -2.09. The van der Waals surface area contributed by atoms with E-state index in [1.807, 2.05) is 0 Å². The number of carbonyl (C=O) groups excluding carboxylic acids is 1. The summed E-state index contributed by atoms with van der Waals surface area (Å²) in [6.07, 6.45) is 7.24. The summed E-state index contributed by atoms with van der Waals surface area (Å²) in [4.78, 5) is 11.9. The molecule has 0 saturated heterocycles. The van der Waals surface area contributed by atoms with Crippen LogP contribution >= 0.6 is 0 Å². The number of carbonyl (C=O) groups is 1. The van der Waals surface area contributed by atoms with E-state index in [0.29, 0.717) is 18.1 Å². The first kappa shape index (κ1) is 15.9. The molecule has 0 aliphatic carbocycles. The summed E-state index contributed by atoms with van der Waals surface area (Å²) in [6.45, 7) is 6.63. The largest absolute Gasteiger partial charge is 0.299 e. The van der Waals surface area contributed by atoms with Gasteiger partial charge in [-0.2, -0.15) is 0 Å². The molecule has 0 unspecified atom stereocenters. The maximum absolute atomic E-state index is 11.9. The maximum atomic E-state index is 11.9. The van der Waals surface area contributed by atoms with Crippen LogP contribution in [0.25, 0.3) is 0 Å². The van der Waals surface area contributed by atoms with Crippen molar-refractivity contribution >= 4 is 5.78 Å². The minimum atomic E-state index is 0.382. The number of ketones is 1. The highest BCUT2D eigenvalue weighted by molar-refractivity contribution is 5.80. The van der Waals surface area contributed by atoms with Crippen LogP contribution in [-0.2, 0) is 17.6 Å². The zero-order valence-electron chi connectivity index (χ0n) is 12.7. The number of hydrogen-bond acceptors (Lipinski definition) is 1. The van der Waals surface area contributed by atoms with Gasteiger partial charge in [-0.25, -0.2) is 0 Å². The first-order chi connectivity index (χ1) is 9.15. The van der Waals surface area contributed by atoms with Gasteiger partial charge in [-0.05, 0) is 29.9 Å². The topological polar surface area (TPSA) is 17.1 Å². The highest BCUT2D eigenvalue weighted by Crippen LogP contribution is 2.15. The quantitative estimate of drug-likeness (QED) is 0.613. The number of Topliss-reactive ketones (excluding diaryl/α,β-unsaturated/α-hetero) is 1. The van der Waals surface area contributed by atoms with Gasteiger partial charge in [0.1, 0.15) is 5.78 Å². The Labute approximate surface area is 118 Å². The molecule has 1 atom stereocenters. The van der Waals surface area contributed by atoms with Gasteiger partial charge in [0.15, 0.2) is 0 Å². The summed E-state index contributed by atoms with van der Waals surface area (Å²) in [5.41, 5.74) is 2.49. The monoisotopic (exact) mass is 260 g/mol. The van der Waals surface area contributed by atoms with Gasteiger partial charge < -0.3 is 0 Å². The normalized spacial score (nSPS) is 12.4. The summed E-state index contributed by atoms with van der Waals surface area (Å²) in [7, 11) is 0. The van der Waals surface area contributed by atoms with Gasteiger partial charge in [0.2, 0.25) is 0 Å². The maximum Gasteiger partial charge on any atom is 0.137 e. The number of hydrogen-bond donors (Lipinski definition) is 0. The number of benzene rings is 1. The van der Waals surface area contributed by atoms with E-state index in [4.69, 9.17) is 0 Å². The van der Waals surface area contributed by atoms with Crippen LogP contribution in [0.15, 0.2) is 24.3 Å². The van der Waals surface area contributed by atoms with E-state index in [-0.39, 0.29) is 0 Å². The molecule has 0 heterocycles. The number of rotatable bonds is 9. The van der Waals surface area contributed by atoms with Crippen molar-refractivity contribution in [2.75, 3.05) is 0 Å². The van der Waals surface area contributed by atoms with E-state index in [0.717, 1.165) is 24.8 Å². The van der Waals surface area contributed by atoms with E-state index in [2.05, 4.69) is 45.0 Å². The van der Waals surface area contributed by atoms with Crippen LogP contribution in [0.1, 0.15) is 64.0 Å². The Morgan fingerprint density at radius 3 is 2.26 bits per heavy atom. The third-order valence-electron chi connectivity index (χ3n) is 3.80. The third-order valence-corrected chi connectivity index (χ3v) is 3.80. The smallest absolute Gasteiger partial charge is 0.137 e. The van der Waals surface area contributed by atoms with Crippen LogP contribution in [0.5, 0.6) is 0 Å². The van der Waals surface area contributed by atoms with Crippen LogP contribution < -0.4 is 0 Å². The van der Waals surface area contributed by atoms with Crippen LogP contribution in [0, 0.1) is 5.92 Å². The summed E-state index contributed by atoms with van der Waals surface area (Å²) in [5, 5.41) is 0. The first-order valence-corrected chi connectivity index (χ1v) is 7.75. The zero-order chi connectivity index (χ0) is 14.1. The Balaban J connectivity index is 2.30. The van der Waals surface area contributed by atoms with Crippen LogP contribution in [-0.4, -0.2) is 5.78 Å². The van der Waals surface area contributed by atoms with Gasteiger partial charge in [0.25, 0.3) is 0 Å². The molecule has 0 amide bonds. The van der Waals surface area contributed by atoms with Crippen molar-refractivity contribution in [3.63, 3.8) is 0 Å². The Hall–Kier alpha value is -1.11. The number of unbranched alkanes of at least 4 members (excludes halogenated alkanes) is 1. The van der Waals surface area contributed by atoms with Crippen LogP contribution in [0.2, 0.25) is 0 Å². The molecular formula is C18H28O. The molecule has 0 aliphatic heterocycles. The van der Waals surface area contributed by atoms with Gasteiger partial charge in [-0.3, -0.25) is 4.79 Å². The van der Waals surface area contributed by atoms with Gasteiger partial charge in [0, 0.05) is 12.8 Å². The second kappa shape index (κ2) is 8.90. The fourth-order valence-electron chi connectivity index (χ4n) is 2.31. The van der Waals surface area contributed by atoms with E-state index < -0.39 is 0 Å². The van der Waals surface area contributed by atoms with Crippen molar-refractivity contribution in [2.24, 2.45) is 5.92 Å². The standard InChI is InChI=1S/C18H28O/c1-4-6-7-15(3)8-13-18(19)14-17-11-9-16(5-2)10-12-17/h9-12,15H,4-8,13-14H2,1-3H3/t15-/m0/s1. The highest BCUT2D eigenvalue weighted by Gasteiger charge is 2.07. The van der Waals surface area contributed by atoms with Crippen LogP contribution in [0.3, 0.4) is 0 Å². The van der Waals surface area contributed by atoms with E-state index in [9.17, 15) is 4.79 Å². The molecule has 0 radical (unpaired) electrons. The molecule has 0 spiro atoms. The average molecular weight is 260 g/mol. The Bertz CT molecular complexity index is 364. The molecule has 0 saturated carbocycles. The molecule has 0 N–H and O–H groups in total. The van der Waals surface area contributed by atoms with E-state index in [1.54, 1.807) is 0 Å². The van der Waals surface area contributed by atoms with Crippen molar-refractivity contribution in [1.29, 1.82) is 0 Å². The van der Waals surface area contributed by atoms with Crippen molar-refractivity contribution in [3.05, 3.63) is 35.4 Å². The summed E-state index contributed by atoms with van der Waals surface area (Å²) in [5.74, 6) is 1.07. The van der Waals surface area contributed by atoms with Gasteiger partial charge in [0.05, 0.1) is 0 Å². The van der Waals surface area contributed by atoms with E-state index in [1.165, 1.54) is 24.8 Å². The molecular weight excluding hydrogens is 232 g/mol. The molecule has 19 heavy (non-hydrogen) atoms. The van der Waals surface area contributed by atoms with Gasteiger partial charge in [-0.1, -0.05) is 64.3 Å². The summed E-state index contributed by atoms with van der Waals surface area (Å²) in [6, 6.07) is 8.45. The van der Waals surface area contributed by atoms with Gasteiger partial charge in [-0.15, -0.1) is 0 Å². The molecule has 1 aromatic carbocycles. The van der Waals surface area contributed by atoms with Crippen molar-refractivity contribution in [2.45, 2.75) is 65.7 Å². The zero-order valence-corrected chi connectivity index (χ0v) is 12.7. The number of aryl methyl sites for hydroxylation is 1.